The van der Waals surface area contributed by atoms with Gasteiger partial charge in [-0.1, -0.05) is 17.7 Å². The predicted octanol–water partition coefficient (Wildman–Crippen LogP) is 1.44. The molecule has 9 heteroatoms. The van der Waals surface area contributed by atoms with Gasteiger partial charge in [0.1, 0.15) is 0 Å². The number of anilines is 1. The summed E-state index contributed by atoms with van der Waals surface area (Å²) in [6, 6.07) is 5.21. The highest BCUT2D eigenvalue weighted by molar-refractivity contribution is 6.31. The van der Waals surface area contributed by atoms with Gasteiger partial charge in [-0.2, -0.15) is 5.10 Å². The molecule has 3 N–H and O–H groups in total. The Balaban J connectivity index is 1.75. The first-order valence-electron chi connectivity index (χ1n) is 7.47. The Labute approximate surface area is 147 Å². The molecule has 0 saturated heterocycles. The van der Waals surface area contributed by atoms with E-state index in [9.17, 15) is 19.5 Å². The molecule has 8 nitrogen and oxygen atoms in total. The van der Waals surface area contributed by atoms with Crippen LogP contribution < -0.4 is 10.6 Å². The summed E-state index contributed by atoms with van der Waals surface area (Å²) < 4.78 is 1.37. The SMILES string of the molecule is Cn1nccc1C(NC(=O)CC1C(=O)Nc2cc(Cl)ccc21)C(=O)O. The highest BCUT2D eigenvalue weighted by Crippen LogP contribution is 2.36. The molecule has 2 amide bonds. The Hall–Kier alpha value is -2.87. The van der Waals surface area contributed by atoms with Crippen molar-refractivity contribution in [1.82, 2.24) is 15.1 Å². The molecule has 0 aliphatic carbocycles. The van der Waals surface area contributed by atoms with Crippen molar-refractivity contribution in [3.05, 3.63) is 46.7 Å². The van der Waals surface area contributed by atoms with Crippen molar-refractivity contribution in [1.29, 1.82) is 0 Å². The van der Waals surface area contributed by atoms with Gasteiger partial charge in [0.2, 0.25) is 11.8 Å². The van der Waals surface area contributed by atoms with Crippen LogP contribution in [0.3, 0.4) is 0 Å². The lowest BCUT2D eigenvalue weighted by Gasteiger charge is -2.16. The van der Waals surface area contributed by atoms with Gasteiger partial charge >= 0.3 is 5.97 Å². The molecular weight excluding hydrogens is 348 g/mol. The monoisotopic (exact) mass is 362 g/mol. The van der Waals surface area contributed by atoms with Crippen LogP contribution in [0, 0.1) is 0 Å². The second-order valence-electron chi connectivity index (χ2n) is 5.70. The third kappa shape index (κ3) is 3.34. The standard InChI is InChI=1S/C16H15ClN4O4/c1-21-12(4-5-18-21)14(16(24)25)20-13(22)7-10-9-3-2-8(17)6-11(9)19-15(10)23/h2-6,10,14H,7H2,1H3,(H,19,23)(H,20,22)(H,24,25). The lowest BCUT2D eigenvalue weighted by molar-refractivity contribution is -0.142. The maximum atomic E-state index is 12.3. The predicted molar refractivity (Wildman–Crippen MR) is 89.2 cm³/mol. The van der Waals surface area contributed by atoms with Gasteiger partial charge in [-0.3, -0.25) is 14.3 Å². The lowest BCUT2D eigenvalue weighted by atomic mass is 9.96. The quantitative estimate of drug-likeness (QED) is 0.744. The zero-order chi connectivity index (χ0) is 18.1. The fraction of sp³-hybridized carbons (Fsp3) is 0.250. The number of halogens is 1. The topological polar surface area (TPSA) is 113 Å². The van der Waals surface area contributed by atoms with Crippen molar-refractivity contribution in [3.8, 4) is 0 Å². The number of carboxylic acid groups (broad SMARTS) is 1. The summed E-state index contributed by atoms with van der Waals surface area (Å²) in [5.74, 6) is -2.76. The Morgan fingerprint density at radius 1 is 1.44 bits per heavy atom. The van der Waals surface area contributed by atoms with Crippen LogP contribution in [0.5, 0.6) is 0 Å². The van der Waals surface area contributed by atoms with Gasteiger partial charge in [0.15, 0.2) is 6.04 Å². The fourth-order valence-corrected chi connectivity index (χ4v) is 3.01. The van der Waals surface area contributed by atoms with E-state index in [4.69, 9.17) is 11.6 Å². The van der Waals surface area contributed by atoms with Gasteiger partial charge in [0.05, 0.1) is 11.6 Å². The number of carbonyl (C=O) groups excluding carboxylic acids is 2. The molecule has 2 heterocycles. The number of aliphatic carboxylic acids is 1. The molecule has 0 radical (unpaired) electrons. The average Bonchev–Trinajstić information content (AvgIpc) is 3.08. The molecule has 2 unspecified atom stereocenters. The van der Waals surface area contributed by atoms with Crippen molar-refractivity contribution in [2.75, 3.05) is 5.32 Å². The molecule has 0 bridgehead atoms. The fourth-order valence-electron chi connectivity index (χ4n) is 2.84. The highest BCUT2D eigenvalue weighted by atomic mass is 35.5. The van der Waals surface area contributed by atoms with E-state index in [1.807, 2.05) is 0 Å². The smallest absolute Gasteiger partial charge is 0.332 e. The first kappa shape index (κ1) is 17.0. The van der Waals surface area contributed by atoms with Gasteiger partial charge in [0, 0.05) is 30.4 Å². The number of amides is 2. The first-order chi connectivity index (χ1) is 11.9. The van der Waals surface area contributed by atoms with E-state index in [2.05, 4.69) is 15.7 Å². The minimum Gasteiger partial charge on any atom is -0.479 e. The van der Waals surface area contributed by atoms with Crippen molar-refractivity contribution in [2.24, 2.45) is 7.05 Å². The Bertz CT molecular complexity index is 864. The maximum Gasteiger partial charge on any atom is 0.332 e. The van der Waals surface area contributed by atoms with Crippen LogP contribution in [0.25, 0.3) is 0 Å². The molecule has 130 valence electrons. The molecule has 1 aliphatic rings. The minimum absolute atomic E-state index is 0.165. The van der Waals surface area contributed by atoms with Crippen LogP contribution >= 0.6 is 11.6 Å². The summed E-state index contributed by atoms with van der Waals surface area (Å²) in [6.07, 6.45) is 1.28. The van der Waals surface area contributed by atoms with Gasteiger partial charge in [0.25, 0.3) is 0 Å². The number of rotatable bonds is 5. The number of nitrogens with one attached hydrogen (secondary N) is 2. The second-order valence-corrected chi connectivity index (χ2v) is 6.13. The van der Waals surface area contributed by atoms with Crippen molar-refractivity contribution >= 4 is 35.1 Å². The summed E-state index contributed by atoms with van der Waals surface area (Å²) in [6.45, 7) is 0. The van der Waals surface area contributed by atoms with Crippen LogP contribution in [-0.2, 0) is 21.4 Å². The molecular formula is C16H15ClN4O4. The normalized spacial score (nSPS) is 16.9. The molecule has 2 aromatic rings. The maximum absolute atomic E-state index is 12.3. The van der Waals surface area contributed by atoms with Crippen LogP contribution in [0.4, 0.5) is 5.69 Å². The highest BCUT2D eigenvalue weighted by Gasteiger charge is 2.34. The van der Waals surface area contributed by atoms with Gasteiger partial charge in [-0.05, 0) is 23.8 Å². The summed E-state index contributed by atoms with van der Waals surface area (Å²) >= 11 is 5.90. The van der Waals surface area contributed by atoms with Gasteiger partial charge in [-0.25, -0.2) is 4.79 Å². The summed E-state index contributed by atoms with van der Waals surface area (Å²) in [5, 5.41) is 18.9. The van der Waals surface area contributed by atoms with E-state index >= 15 is 0 Å². The molecule has 0 fully saturated rings. The largest absolute Gasteiger partial charge is 0.479 e. The number of benzene rings is 1. The number of fused-ring (bicyclic) bond motifs is 1. The van der Waals surface area contributed by atoms with Crippen LogP contribution in [-0.4, -0.2) is 32.7 Å². The van der Waals surface area contributed by atoms with E-state index in [1.54, 1.807) is 25.2 Å². The zero-order valence-electron chi connectivity index (χ0n) is 13.2. The average molecular weight is 363 g/mol. The van der Waals surface area contributed by atoms with Crippen LogP contribution in [0.2, 0.25) is 5.02 Å². The molecule has 2 atom stereocenters. The number of nitrogens with zero attached hydrogens (tertiary/aromatic N) is 2. The molecule has 1 aromatic carbocycles. The van der Waals surface area contributed by atoms with E-state index in [0.29, 0.717) is 22.0 Å². The summed E-state index contributed by atoms with van der Waals surface area (Å²) in [7, 11) is 1.59. The zero-order valence-corrected chi connectivity index (χ0v) is 13.9. The lowest BCUT2D eigenvalue weighted by Crippen LogP contribution is -2.36. The van der Waals surface area contributed by atoms with Gasteiger partial charge in [-0.15, -0.1) is 0 Å². The number of hydrogen-bond acceptors (Lipinski definition) is 4. The molecule has 25 heavy (non-hydrogen) atoms. The first-order valence-corrected chi connectivity index (χ1v) is 7.85. The van der Waals surface area contributed by atoms with Crippen LogP contribution in [0.15, 0.2) is 30.5 Å². The third-order valence-electron chi connectivity index (χ3n) is 4.06. The Kier molecular flexibility index (Phi) is 4.45. The van der Waals surface area contributed by atoms with Crippen molar-refractivity contribution in [2.45, 2.75) is 18.4 Å². The Morgan fingerprint density at radius 2 is 2.20 bits per heavy atom. The van der Waals surface area contributed by atoms with E-state index in [-0.39, 0.29) is 12.3 Å². The minimum atomic E-state index is -1.24. The Morgan fingerprint density at radius 3 is 2.84 bits per heavy atom. The summed E-state index contributed by atoms with van der Waals surface area (Å²) in [5.41, 5.74) is 1.57. The summed E-state index contributed by atoms with van der Waals surface area (Å²) in [4.78, 5) is 35.9. The molecule has 0 spiro atoms. The number of aromatic nitrogens is 2. The van der Waals surface area contributed by atoms with E-state index in [1.165, 1.54) is 16.9 Å². The molecule has 0 saturated carbocycles. The van der Waals surface area contributed by atoms with E-state index in [0.717, 1.165) is 0 Å². The number of aryl methyl sites for hydroxylation is 1. The second kappa shape index (κ2) is 6.56. The number of carbonyl (C=O) groups is 3. The van der Waals surface area contributed by atoms with Gasteiger partial charge < -0.3 is 15.7 Å². The number of hydrogen-bond donors (Lipinski definition) is 3. The molecule has 1 aromatic heterocycles. The van der Waals surface area contributed by atoms with E-state index < -0.39 is 23.8 Å². The molecule has 1 aliphatic heterocycles. The van der Waals surface area contributed by atoms with Crippen LogP contribution in [0.1, 0.15) is 29.6 Å². The third-order valence-corrected chi connectivity index (χ3v) is 4.30. The van der Waals surface area contributed by atoms with Crippen molar-refractivity contribution < 1.29 is 19.5 Å². The van der Waals surface area contributed by atoms with Crippen molar-refractivity contribution in [3.63, 3.8) is 0 Å². The molecule has 3 rings (SSSR count). The number of carboxylic acids is 1.